The maximum absolute atomic E-state index is 13.9. The van der Waals surface area contributed by atoms with E-state index in [9.17, 15) is 19.5 Å². The molecule has 0 saturated carbocycles. The van der Waals surface area contributed by atoms with E-state index in [2.05, 4.69) is 42.5 Å². The molecule has 3 heterocycles. The summed E-state index contributed by atoms with van der Waals surface area (Å²) >= 11 is 7.09. The van der Waals surface area contributed by atoms with Crippen LogP contribution in [0.1, 0.15) is 48.7 Å². The van der Waals surface area contributed by atoms with Crippen molar-refractivity contribution in [1.29, 1.82) is 0 Å². The lowest BCUT2D eigenvalue weighted by Gasteiger charge is -2.38. The SMILES string of the molecule is Nc1c(Br)cc(C[C@@H](NC(=O)N2CCC(N3CCc4ccccc4NC3=O)CC2)c2nc3ccccc3n2CCCC(=O)O)cc1Br. The maximum Gasteiger partial charge on any atom is 0.322 e. The molecule has 13 heteroatoms. The van der Waals surface area contributed by atoms with Crippen molar-refractivity contribution in [2.75, 3.05) is 30.7 Å². The molecule has 1 saturated heterocycles. The number of nitrogens with one attached hydrogen (secondary N) is 2. The monoisotopic (exact) mass is 765 g/mol. The first-order chi connectivity index (χ1) is 22.7. The molecule has 1 atom stereocenters. The zero-order chi connectivity index (χ0) is 33.1. The van der Waals surface area contributed by atoms with Gasteiger partial charge in [-0.05, 0) is 99.0 Å². The van der Waals surface area contributed by atoms with Crippen molar-refractivity contribution in [1.82, 2.24) is 24.7 Å². The van der Waals surface area contributed by atoms with E-state index in [4.69, 9.17) is 10.7 Å². The van der Waals surface area contributed by atoms with Crippen LogP contribution in [0.15, 0.2) is 69.6 Å². The van der Waals surface area contributed by atoms with Crippen molar-refractivity contribution in [3.05, 3.63) is 86.6 Å². The van der Waals surface area contributed by atoms with Crippen LogP contribution in [0.25, 0.3) is 11.0 Å². The van der Waals surface area contributed by atoms with Gasteiger partial charge in [-0.3, -0.25) is 4.79 Å². The fourth-order valence-electron chi connectivity index (χ4n) is 6.54. The number of hydrogen-bond donors (Lipinski definition) is 4. The molecule has 4 amide bonds. The fraction of sp³-hybridized carbons (Fsp3) is 0.353. The van der Waals surface area contributed by atoms with Crippen molar-refractivity contribution < 1.29 is 19.5 Å². The van der Waals surface area contributed by atoms with Gasteiger partial charge in [0.1, 0.15) is 5.82 Å². The van der Waals surface area contributed by atoms with Gasteiger partial charge < -0.3 is 35.8 Å². The number of piperidine rings is 1. The molecule has 47 heavy (non-hydrogen) atoms. The second-order valence-electron chi connectivity index (χ2n) is 12.0. The van der Waals surface area contributed by atoms with Crippen molar-refractivity contribution >= 4 is 72.3 Å². The number of aliphatic carboxylic acids is 1. The number of rotatable bonds is 9. The number of carboxylic acid groups (broad SMARTS) is 1. The standard InChI is InChI=1S/C34H37Br2N7O4/c35-24-18-21(19-25(36)31(24)37)20-28(32-38-27-8-3-4-9-29(27)43(32)14-5-10-30(44)45)40-33(46)41-15-12-23(13-16-41)42-17-11-22-6-1-2-7-26(22)39-34(42)47/h1-4,6-9,18-19,23,28H,5,10-17,20,37H2,(H,39,47)(H,40,46)(H,44,45)/t28-/m1/s1. The van der Waals surface area contributed by atoms with Crippen molar-refractivity contribution in [3.63, 3.8) is 0 Å². The predicted molar refractivity (Wildman–Crippen MR) is 188 cm³/mol. The number of likely N-dealkylation sites (tertiary alicyclic amines) is 1. The number of aromatic nitrogens is 2. The number of benzene rings is 3. The molecule has 246 valence electrons. The van der Waals surface area contributed by atoms with E-state index in [1.165, 1.54) is 0 Å². The number of carboxylic acids is 1. The van der Waals surface area contributed by atoms with Crippen molar-refractivity contribution in [3.8, 4) is 0 Å². The Morgan fingerprint density at radius 1 is 1.04 bits per heavy atom. The average Bonchev–Trinajstić information content (AvgIpc) is 3.33. The van der Waals surface area contributed by atoms with Crippen LogP contribution in [0.3, 0.4) is 0 Å². The molecule has 6 rings (SSSR count). The van der Waals surface area contributed by atoms with Gasteiger partial charge in [0.05, 0.1) is 22.8 Å². The van der Waals surface area contributed by atoms with Crippen LogP contribution in [-0.4, -0.2) is 68.2 Å². The number of amides is 4. The van der Waals surface area contributed by atoms with Gasteiger partial charge in [0.2, 0.25) is 0 Å². The molecule has 0 spiro atoms. The van der Waals surface area contributed by atoms with E-state index in [1.54, 1.807) is 4.90 Å². The molecule has 3 aromatic carbocycles. The number of para-hydroxylation sites is 3. The molecule has 1 aromatic heterocycles. The van der Waals surface area contributed by atoms with Crippen molar-refractivity contribution in [2.45, 2.75) is 57.2 Å². The van der Waals surface area contributed by atoms with Crippen LogP contribution in [0, 0.1) is 0 Å². The molecule has 2 aliphatic heterocycles. The number of urea groups is 2. The Bertz CT molecular complexity index is 1780. The molecule has 1 fully saturated rings. The second kappa shape index (κ2) is 14.3. The van der Waals surface area contributed by atoms with Crippen LogP contribution in [0.4, 0.5) is 21.0 Å². The first-order valence-electron chi connectivity index (χ1n) is 15.8. The summed E-state index contributed by atoms with van der Waals surface area (Å²) in [4.78, 5) is 47.0. The van der Waals surface area contributed by atoms with Gasteiger partial charge in [0.15, 0.2) is 0 Å². The van der Waals surface area contributed by atoms with E-state index in [0.717, 1.165) is 43.2 Å². The number of nitrogens with two attached hydrogens (primary N) is 1. The first kappa shape index (κ1) is 32.8. The first-order valence-corrected chi connectivity index (χ1v) is 17.4. The van der Waals surface area contributed by atoms with Crippen molar-refractivity contribution in [2.24, 2.45) is 0 Å². The van der Waals surface area contributed by atoms with Gasteiger partial charge in [-0.25, -0.2) is 14.6 Å². The molecule has 2 aliphatic rings. The van der Waals surface area contributed by atoms with E-state index >= 15 is 0 Å². The molecular formula is C34H37Br2N7O4. The number of aryl methyl sites for hydroxylation is 1. The third kappa shape index (κ3) is 7.41. The van der Waals surface area contributed by atoms with Crippen LogP contribution < -0.4 is 16.4 Å². The van der Waals surface area contributed by atoms with E-state index < -0.39 is 12.0 Å². The number of imidazole rings is 1. The highest BCUT2D eigenvalue weighted by Gasteiger charge is 2.33. The summed E-state index contributed by atoms with van der Waals surface area (Å²) in [5.74, 6) is -0.201. The lowest BCUT2D eigenvalue weighted by Crippen LogP contribution is -2.52. The zero-order valence-corrected chi connectivity index (χ0v) is 29.0. The highest BCUT2D eigenvalue weighted by Crippen LogP contribution is 2.33. The summed E-state index contributed by atoms with van der Waals surface area (Å²) < 4.78 is 3.50. The molecule has 4 aromatic rings. The molecular weight excluding hydrogens is 730 g/mol. The van der Waals surface area contributed by atoms with Crippen LogP contribution in [-0.2, 0) is 24.2 Å². The molecule has 0 unspecified atom stereocenters. The molecule has 0 radical (unpaired) electrons. The highest BCUT2D eigenvalue weighted by atomic mass is 79.9. The average molecular weight is 768 g/mol. The number of fused-ring (bicyclic) bond motifs is 2. The van der Waals surface area contributed by atoms with E-state index in [1.807, 2.05) is 70.1 Å². The summed E-state index contributed by atoms with van der Waals surface area (Å²) in [6.45, 7) is 2.09. The van der Waals surface area contributed by atoms with E-state index in [0.29, 0.717) is 63.4 Å². The van der Waals surface area contributed by atoms with Gasteiger partial charge >= 0.3 is 18.0 Å². The summed E-state index contributed by atoms with van der Waals surface area (Å²) in [5.41, 5.74) is 11.3. The minimum atomic E-state index is -0.858. The number of halogens is 2. The smallest absolute Gasteiger partial charge is 0.322 e. The molecule has 0 bridgehead atoms. The molecule has 0 aliphatic carbocycles. The Morgan fingerprint density at radius 3 is 2.49 bits per heavy atom. The Kier molecular flexibility index (Phi) is 10.0. The van der Waals surface area contributed by atoms with Gasteiger partial charge in [-0.2, -0.15) is 0 Å². The number of carbonyl (C=O) groups excluding carboxylic acids is 2. The summed E-state index contributed by atoms with van der Waals surface area (Å²) in [6.07, 6.45) is 3.00. The number of anilines is 2. The Hall–Kier alpha value is -4.10. The Balaban J connectivity index is 1.21. The van der Waals surface area contributed by atoms with E-state index in [-0.39, 0.29) is 24.5 Å². The fourth-order valence-corrected chi connectivity index (χ4v) is 7.82. The minimum absolute atomic E-state index is 0.0247. The van der Waals surface area contributed by atoms with Crippen LogP contribution >= 0.6 is 31.9 Å². The summed E-state index contributed by atoms with van der Waals surface area (Å²) in [5, 5.41) is 15.6. The zero-order valence-electron chi connectivity index (χ0n) is 25.8. The normalized spacial score (nSPS) is 16.0. The summed E-state index contributed by atoms with van der Waals surface area (Å²) in [6, 6.07) is 18.7. The Labute approximate surface area is 289 Å². The van der Waals surface area contributed by atoms with Gasteiger partial charge in [0.25, 0.3) is 0 Å². The quantitative estimate of drug-likeness (QED) is 0.142. The Morgan fingerprint density at radius 2 is 1.74 bits per heavy atom. The third-order valence-electron chi connectivity index (χ3n) is 8.98. The minimum Gasteiger partial charge on any atom is -0.481 e. The summed E-state index contributed by atoms with van der Waals surface area (Å²) in [7, 11) is 0. The van der Waals surface area contributed by atoms with Gasteiger partial charge in [-0.1, -0.05) is 30.3 Å². The highest BCUT2D eigenvalue weighted by molar-refractivity contribution is 9.11. The maximum atomic E-state index is 13.9. The molecule has 5 N–H and O–H groups in total. The number of carbonyl (C=O) groups is 3. The number of hydrogen-bond acceptors (Lipinski definition) is 5. The lowest BCUT2D eigenvalue weighted by molar-refractivity contribution is -0.137. The second-order valence-corrected chi connectivity index (χ2v) is 13.7. The lowest BCUT2D eigenvalue weighted by atomic mass is 10.0. The molecule has 11 nitrogen and oxygen atoms in total. The topological polar surface area (TPSA) is 146 Å². The van der Waals surface area contributed by atoms with Gasteiger partial charge in [0, 0.05) is 59.7 Å². The van der Waals surface area contributed by atoms with Gasteiger partial charge in [-0.15, -0.1) is 0 Å². The van der Waals surface area contributed by atoms with Crippen LogP contribution in [0.2, 0.25) is 0 Å². The predicted octanol–water partition coefficient (Wildman–Crippen LogP) is 6.56. The number of nitrogens with zero attached hydrogens (tertiary/aromatic N) is 4. The third-order valence-corrected chi connectivity index (χ3v) is 10.3. The number of nitrogen functional groups attached to an aromatic ring is 1. The largest absolute Gasteiger partial charge is 0.481 e. The van der Waals surface area contributed by atoms with Crippen LogP contribution in [0.5, 0.6) is 0 Å².